The molecule has 10 nitrogen and oxygen atoms in total. The highest BCUT2D eigenvalue weighted by Crippen LogP contribution is 2.25. The number of carbonyl (C=O) groups excluding carboxylic acids is 4. The van der Waals surface area contributed by atoms with Crippen molar-refractivity contribution in [2.75, 3.05) is 0 Å². The van der Waals surface area contributed by atoms with Crippen molar-refractivity contribution in [2.24, 2.45) is 5.92 Å². The minimum Gasteiger partial charge on any atom is -0.507 e. The third-order valence-corrected chi connectivity index (χ3v) is 8.26. The first-order chi connectivity index (χ1) is 22.2. The molecule has 0 radical (unpaired) electrons. The monoisotopic (exact) mass is 638 g/mol. The number of aryl methyl sites for hydroxylation is 2. The van der Waals surface area contributed by atoms with Gasteiger partial charge in [0.25, 0.3) is 11.8 Å². The summed E-state index contributed by atoms with van der Waals surface area (Å²) in [6.07, 6.45) is 13.2. The third-order valence-electron chi connectivity index (χ3n) is 8.26. The summed E-state index contributed by atoms with van der Waals surface area (Å²) < 4.78 is 0. The second-order valence-corrected chi connectivity index (χ2v) is 11.9. The maximum Gasteiger partial charge on any atom is 0.273 e. The van der Waals surface area contributed by atoms with Crippen molar-refractivity contribution in [3.63, 3.8) is 0 Å². The standard InChI is InChI=1S/C36H54N4O6/c1-4-7-12-19-27-21-16-23-29(32(27)42)35(45)39-37-31(41)25-15-11-9-10-14-18-26(6-3)34(44)38-40-36(46)30-24-17-22-28(33(30)43)20-13-8-5-2/h16-17,21-24,26,42-43H,4-15,18-20,25H2,1-3H3,(H,37,41)(H,38,44)(H,39,45)(H,40,46). The van der Waals surface area contributed by atoms with Crippen LogP contribution in [0.5, 0.6) is 11.5 Å². The predicted octanol–water partition coefficient (Wildman–Crippen LogP) is 6.54. The fraction of sp³-hybridized carbons (Fsp3) is 0.556. The summed E-state index contributed by atoms with van der Waals surface area (Å²) in [7, 11) is 0. The summed E-state index contributed by atoms with van der Waals surface area (Å²) in [4.78, 5) is 50.0. The van der Waals surface area contributed by atoms with Gasteiger partial charge in [0.1, 0.15) is 11.5 Å². The molecule has 0 aliphatic rings. The minimum atomic E-state index is -0.553. The van der Waals surface area contributed by atoms with Crippen LogP contribution < -0.4 is 21.7 Å². The average molecular weight is 639 g/mol. The SMILES string of the molecule is CCCCCc1cccc(C(=O)NNC(=O)CCCCCCCC(CC)C(=O)NNC(=O)c2cccc(CCCCC)c2O)c1O. The number of amides is 4. The van der Waals surface area contributed by atoms with E-state index in [-0.39, 0.29) is 46.8 Å². The maximum atomic E-state index is 12.7. The van der Waals surface area contributed by atoms with Gasteiger partial charge in [-0.15, -0.1) is 0 Å². The van der Waals surface area contributed by atoms with Crippen LogP contribution >= 0.6 is 0 Å². The normalized spacial score (nSPS) is 11.5. The third kappa shape index (κ3) is 13.1. The molecule has 4 amide bonds. The van der Waals surface area contributed by atoms with Gasteiger partial charge in [-0.25, -0.2) is 0 Å². The Morgan fingerprint density at radius 1 is 0.609 bits per heavy atom. The van der Waals surface area contributed by atoms with Crippen molar-refractivity contribution < 1.29 is 29.4 Å². The molecule has 254 valence electrons. The zero-order valence-electron chi connectivity index (χ0n) is 27.9. The van der Waals surface area contributed by atoms with E-state index in [0.717, 1.165) is 75.3 Å². The predicted molar refractivity (Wildman–Crippen MR) is 180 cm³/mol. The molecular weight excluding hydrogens is 584 g/mol. The number of hydrogen-bond donors (Lipinski definition) is 6. The summed E-state index contributed by atoms with van der Waals surface area (Å²) in [6, 6.07) is 10.2. The number of para-hydroxylation sites is 2. The molecule has 2 aromatic rings. The van der Waals surface area contributed by atoms with Gasteiger partial charge >= 0.3 is 0 Å². The van der Waals surface area contributed by atoms with Gasteiger partial charge in [-0.1, -0.05) is 96.4 Å². The minimum absolute atomic E-state index is 0.0429. The lowest BCUT2D eigenvalue weighted by Crippen LogP contribution is -2.44. The molecule has 6 N–H and O–H groups in total. The Hall–Kier alpha value is -4.08. The van der Waals surface area contributed by atoms with Crippen LogP contribution in [0.4, 0.5) is 0 Å². The van der Waals surface area contributed by atoms with E-state index in [1.54, 1.807) is 18.2 Å². The van der Waals surface area contributed by atoms with E-state index in [9.17, 15) is 29.4 Å². The Kier molecular flexibility index (Phi) is 17.9. The van der Waals surface area contributed by atoms with Crippen molar-refractivity contribution in [1.82, 2.24) is 21.7 Å². The molecule has 0 fully saturated rings. The number of hydrogen-bond acceptors (Lipinski definition) is 6. The van der Waals surface area contributed by atoms with Crippen LogP contribution in [0, 0.1) is 5.92 Å². The second-order valence-electron chi connectivity index (χ2n) is 11.9. The van der Waals surface area contributed by atoms with Crippen LogP contribution in [0.15, 0.2) is 36.4 Å². The molecule has 0 bridgehead atoms. The lowest BCUT2D eigenvalue weighted by Gasteiger charge is -2.16. The Balaban J connectivity index is 1.63. The molecule has 0 saturated heterocycles. The number of carbonyl (C=O) groups is 4. The van der Waals surface area contributed by atoms with Crippen molar-refractivity contribution in [3.05, 3.63) is 58.7 Å². The molecule has 0 aliphatic heterocycles. The van der Waals surface area contributed by atoms with E-state index in [2.05, 4.69) is 35.6 Å². The van der Waals surface area contributed by atoms with Crippen LogP contribution in [0.25, 0.3) is 0 Å². The fourth-order valence-electron chi connectivity index (χ4n) is 5.35. The molecule has 0 saturated carbocycles. The van der Waals surface area contributed by atoms with Gasteiger partial charge < -0.3 is 10.2 Å². The Morgan fingerprint density at radius 3 is 1.63 bits per heavy atom. The quantitative estimate of drug-likeness (QED) is 0.0714. The first-order valence-electron chi connectivity index (χ1n) is 17.0. The highest BCUT2D eigenvalue weighted by atomic mass is 16.3. The zero-order chi connectivity index (χ0) is 33.7. The number of benzene rings is 2. The highest BCUT2D eigenvalue weighted by molar-refractivity contribution is 5.98. The van der Waals surface area contributed by atoms with E-state index in [0.29, 0.717) is 32.1 Å². The van der Waals surface area contributed by atoms with Crippen molar-refractivity contribution >= 4 is 23.6 Å². The molecule has 10 heteroatoms. The summed E-state index contributed by atoms with van der Waals surface area (Å²) in [5, 5.41) is 21.0. The van der Waals surface area contributed by atoms with E-state index >= 15 is 0 Å². The summed E-state index contributed by atoms with van der Waals surface area (Å²) in [5.74, 6) is -2.00. The lowest BCUT2D eigenvalue weighted by atomic mass is 9.97. The number of phenolic OH excluding ortho intramolecular Hbond substituents is 2. The van der Waals surface area contributed by atoms with Crippen molar-refractivity contribution in [2.45, 2.75) is 124 Å². The highest BCUT2D eigenvalue weighted by Gasteiger charge is 2.19. The van der Waals surface area contributed by atoms with Crippen molar-refractivity contribution in [1.29, 1.82) is 0 Å². The van der Waals surface area contributed by atoms with Crippen molar-refractivity contribution in [3.8, 4) is 11.5 Å². The largest absolute Gasteiger partial charge is 0.507 e. The molecule has 1 unspecified atom stereocenters. The van der Waals surface area contributed by atoms with Crippen LogP contribution in [-0.4, -0.2) is 33.8 Å². The lowest BCUT2D eigenvalue weighted by molar-refractivity contribution is -0.126. The van der Waals surface area contributed by atoms with Crippen LogP contribution in [0.1, 0.15) is 143 Å². The molecule has 1 atom stereocenters. The number of rotatable bonds is 20. The number of nitrogens with one attached hydrogen (secondary N) is 4. The molecule has 0 heterocycles. The Bertz CT molecular complexity index is 1270. The first kappa shape index (κ1) is 38.1. The molecule has 2 rings (SSSR count). The molecule has 0 aromatic heterocycles. The first-order valence-corrected chi connectivity index (χ1v) is 17.0. The topological polar surface area (TPSA) is 157 Å². The zero-order valence-corrected chi connectivity index (χ0v) is 27.9. The summed E-state index contributed by atoms with van der Waals surface area (Å²) in [6.45, 7) is 6.14. The van der Waals surface area contributed by atoms with Gasteiger partial charge in [0.2, 0.25) is 11.8 Å². The molecule has 2 aromatic carbocycles. The molecule has 0 spiro atoms. The van der Waals surface area contributed by atoms with E-state index in [4.69, 9.17) is 0 Å². The van der Waals surface area contributed by atoms with Gasteiger partial charge in [-0.05, 0) is 68.2 Å². The average Bonchev–Trinajstić information content (AvgIpc) is 3.05. The second kappa shape index (κ2) is 21.6. The number of hydrazine groups is 2. The Morgan fingerprint density at radius 2 is 1.11 bits per heavy atom. The van der Waals surface area contributed by atoms with Gasteiger partial charge in [-0.2, -0.15) is 0 Å². The van der Waals surface area contributed by atoms with Gasteiger partial charge in [0.15, 0.2) is 0 Å². The maximum absolute atomic E-state index is 12.7. The molecular formula is C36H54N4O6. The number of phenols is 2. The van der Waals surface area contributed by atoms with E-state index in [1.165, 1.54) is 12.1 Å². The smallest absolute Gasteiger partial charge is 0.273 e. The summed E-state index contributed by atoms with van der Waals surface area (Å²) >= 11 is 0. The van der Waals surface area contributed by atoms with Gasteiger partial charge in [0, 0.05) is 12.3 Å². The van der Waals surface area contributed by atoms with Crippen LogP contribution in [-0.2, 0) is 22.4 Å². The van der Waals surface area contributed by atoms with E-state index in [1.807, 2.05) is 13.0 Å². The number of unbranched alkanes of at least 4 members (excludes halogenated alkanes) is 8. The molecule has 0 aliphatic carbocycles. The van der Waals surface area contributed by atoms with Gasteiger partial charge in [-0.3, -0.25) is 40.9 Å². The van der Waals surface area contributed by atoms with Gasteiger partial charge in [0.05, 0.1) is 11.1 Å². The fourth-order valence-corrected chi connectivity index (χ4v) is 5.35. The Labute approximate surface area is 274 Å². The van der Waals surface area contributed by atoms with Crippen LogP contribution in [0.3, 0.4) is 0 Å². The van der Waals surface area contributed by atoms with Crippen LogP contribution in [0.2, 0.25) is 0 Å². The number of aromatic hydroxyl groups is 2. The molecule has 46 heavy (non-hydrogen) atoms. The van der Waals surface area contributed by atoms with E-state index < -0.39 is 11.8 Å². The summed E-state index contributed by atoms with van der Waals surface area (Å²) in [5.41, 5.74) is 11.5.